The van der Waals surface area contributed by atoms with Crippen LogP contribution in [0.1, 0.15) is 42.1 Å². The van der Waals surface area contributed by atoms with Crippen molar-refractivity contribution in [3.63, 3.8) is 0 Å². The quantitative estimate of drug-likeness (QED) is 0.844. The number of benzene rings is 2. The van der Waals surface area contributed by atoms with Gasteiger partial charge in [-0.15, -0.1) is 0 Å². The highest BCUT2D eigenvalue weighted by atomic mass is 32.2. The van der Waals surface area contributed by atoms with Crippen LogP contribution in [0.4, 0.5) is 5.69 Å². The SMILES string of the molecule is CCC(C)c1ccc(S(=O)(=O)Nc2ccc(C(=O)O)cc2)cc1. The van der Waals surface area contributed by atoms with Gasteiger partial charge in [0, 0.05) is 5.69 Å². The molecule has 0 aromatic heterocycles. The predicted octanol–water partition coefficient (Wildman–Crippen LogP) is 3.70. The van der Waals surface area contributed by atoms with Crippen molar-refractivity contribution in [3.8, 4) is 0 Å². The van der Waals surface area contributed by atoms with Gasteiger partial charge < -0.3 is 5.11 Å². The first-order valence-electron chi connectivity index (χ1n) is 7.29. The second kappa shape index (κ2) is 6.83. The Hall–Kier alpha value is -2.34. The minimum absolute atomic E-state index is 0.103. The summed E-state index contributed by atoms with van der Waals surface area (Å²) in [4.78, 5) is 11.0. The predicted molar refractivity (Wildman–Crippen MR) is 89.4 cm³/mol. The van der Waals surface area contributed by atoms with E-state index in [-0.39, 0.29) is 10.5 Å². The number of hydrogen-bond acceptors (Lipinski definition) is 3. The van der Waals surface area contributed by atoms with Crippen LogP contribution in [0.3, 0.4) is 0 Å². The lowest BCUT2D eigenvalue weighted by Crippen LogP contribution is -2.13. The number of carboxylic acids is 1. The maximum absolute atomic E-state index is 12.3. The zero-order valence-corrected chi connectivity index (χ0v) is 13.8. The van der Waals surface area contributed by atoms with E-state index >= 15 is 0 Å². The van der Waals surface area contributed by atoms with Crippen LogP contribution in [-0.2, 0) is 10.0 Å². The average Bonchev–Trinajstić information content (AvgIpc) is 2.54. The van der Waals surface area contributed by atoms with Crippen molar-refractivity contribution in [1.82, 2.24) is 0 Å². The number of rotatable bonds is 6. The number of nitrogens with one attached hydrogen (secondary N) is 1. The second-order valence-electron chi connectivity index (χ2n) is 5.37. The Morgan fingerprint density at radius 1 is 1.09 bits per heavy atom. The summed E-state index contributed by atoms with van der Waals surface area (Å²) in [7, 11) is -3.69. The molecular weight excluding hydrogens is 314 g/mol. The van der Waals surface area contributed by atoms with E-state index in [1.165, 1.54) is 24.3 Å². The van der Waals surface area contributed by atoms with Crippen molar-refractivity contribution >= 4 is 21.7 Å². The Labute approximate surface area is 136 Å². The van der Waals surface area contributed by atoms with Crippen LogP contribution in [-0.4, -0.2) is 19.5 Å². The summed E-state index contributed by atoms with van der Waals surface area (Å²) in [5.41, 5.74) is 1.52. The molecule has 0 amide bonds. The third-order valence-corrected chi connectivity index (χ3v) is 5.15. The van der Waals surface area contributed by atoms with Gasteiger partial charge in [-0.1, -0.05) is 26.0 Å². The van der Waals surface area contributed by atoms with Crippen molar-refractivity contribution in [2.45, 2.75) is 31.1 Å². The number of carbonyl (C=O) groups is 1. The number of carboxylic acid groups (broad SMARTS) is 1. The maximum atomic E-state index is 12.3. The standard InChI is InChI=1S/C17H19NO4S/c1-3-12(2)13-6-10-16(11-7-13)23(21,22)18-15-8-4-14(5-9-15)17(19)20/h4-12,18H,3H2,1-2H3,(H,19,20). The first kappa shape index (κ1) is 17.0. The fourth-order valence-electron chi connectivity index (χ4n) is 2.11. The Morgan fingerprint density at radius 3 is 2.13 bits per heavy atom. The molecule has 0 saturated heterocycles. The van der Waals surface area contributed by atoms with Crippen LogP contribution < -0.4 is 4.72 Å². The van der Waals surface area contributed by atoms with E-state index in [4.69, 9.17) is 5.11 Å². The first-order valence-corrected chi connectivity index (χ1v) is 8.78. The fourth-order valence-corrected chi connectivity index (χ4v) is 3.16. The van der Waals surface area contributed by atoms with Crippen molar-refractivity contribution in [3.05, 3.63) is 59.7 Å². The maximum Gasteiger partial charge on any atom is 0.335 e. The van der Waals surface area contributed by atoms with Crippen LogP contribution in [0.5, 0.6) is 0 Å². The van der Waals surface area contributed by atoms with Gasteiger partial charge in [0.25, 0.3) is 10.0 Å². The van der Waals surface area contributed by atoms with Gasteiger partial charge in [-0.2, -0.15) is 0 Å². The highest BCUT2D eigenvalue weighted by Crippen LogP contribution is 2.22. The highest BCUT2D eigenvalue weighted by Gasteiger charge is 2.15. The lowest BCUT2D eigenvalue weighted by Gasteiger charge is -2.11. The van der Waals surface area contributed by atoms with Crippen molar-refractivity contribution in [1.29, 1.82) is 0 Å². The molecule has 23 heavy (non-hydrogen) atoms. The molecule has 0 aliphatic carbocycles. The summed E-state index contributed by atoms with van der Waals surface area (Å²) in [5.74, 6) is -0.677. The van der Waals surface area contributed by atoms with E-state index in [2.05, 4.69) is 18.6 Å². The molecule has 0 radical (unpaired) electrons. The molecule has 0 aliphatic heterocycles. The third-order valence-electron chi connectivity index (χ3n) is 3.76. The molecule has 5 nitrogen and oxygen atoms in total. The van der Waals surface area contributed by atoms with E-state index in [1.54, 1.807) is 12.1 Å². The molecule has 0 spiro atoms. The summed E-state index contributed by atoms with van der Waals surface area (Å²) in [6.07, 6.45) is 0.986. The minimum Gasteiger partial charge on any atom is -0.478 e. The lowest BCUT2D eigenvalue weighted by molar-refractivity contribution is 0.0697. The van der Waals surface area contributed by atoms with Gasteiger partial charge in [-0.3, -0.25) is 4.72 Å². The van der Waals surface area contributed by atoms with Gasteiger partial charge in [-0.05, 0) is 54.3 Å². The van der Waals surface area contributed by atoms with Crippen molar-refractivity contribution in [2.24, 2.45) is 0 Å². The molecule has 2 aromatic carbocycles. The van der Waals surface area contributed by atoms with E-state index < -0.39 is 16.0 Å². The summed E-state index contributed by atoms with van der Waals surface area (Å²) in [5, 5.41) is 8.84. The number of aromatic carboxylic acids is 1. The fraction of sp³-hybridized carbons (Fsp3) is 0.235. The molecular formula is C17H19NO4S. The van der Waals surface area contributed by atoms with Crippen LogP contribution >= 0.6 is 0 Å². The van der Waals surface area contributed by atoms with Crippen molar-refractivity contribution < 1.29 is 18.3 Å². The van der Waals surface area contributed by atoms with Gasteiger partial charge in [-0.25, -0.2) is 13.2 Å². The Kier molecular flexibility index (Phi) is 5.05. The van der Waals surface area contributed by atoms with Gasteiger partial charge >= 0.3 is 5.97 Å². The monoisotopic (exact) mass is 333 g/mol. The molecule has 0 fully saturated rings. The third kappa shape index (κ3) is 4.10. The number of sulfonamides is 1. The lowest BCUT2D eigenvalue weighted by atomic mass is 9.99. The molecule has 0 heterocycles. The van der Waals surface area contributed by atoms with Gasteiger partial charge in [0.1, 0.15) is 0 Å². The first-order chi connectivity index (χ1) is 10.8. The van der Waals surface area contributed by atoms with Gasteiger partial charge in [0.2, 0.25) is 0 Å². The van der Waals surface area contributed by atoms with Crippen LogP contribution in [0.2, 0.25) is 0 Å². The van der Waals surface area contributed by atoms with E-state index in [9.17, 15) is 13.2 Å². The molecule has 0 aliphatic rings. The molecule has 2 rings (SSSR count). The zero-order chi connectivity index (χ0) is 17.0. The highest BCUT2D eigenvalue weighted by molar-refractivity contribution is 7.92. The molecule has 2 aromatic rings. The zero-order valence-electron chi connectivity index (χ0n) is 13.0. The summed E-state index contributed by atoms with van der Waals surface area (Å²) in [6.45, 7) is 4.17. The smallest absolute Gasteiger partial charge is 0.335 e. The topological polar surface area (TPSA) is 83.5 Å². The summed E-state index contributed by atoms with van der Waals surface area (Å²) >= 11 is 0. The summed E-state index contributed by atoms with van der Waals surface area (Å²) in [6, 6.07) is 12.3. The van der Waals surface area contributed by atoms with E-state index in [1.807, 2.05) is 12.1 Å². The number of anilines is 1. The van der Waals surface area contributed by atoms with Gasteiger partial charge in [0.05, 0.1) is 10.5 Å². The minimum atomic E-state index is -3.69. The largest absolute Gasteiger partial charge is 0.478 e. The normalized spacial score (nSPS) is 12.6. The van der Waals surface area contributed by atoms with Crippen LogP contribution in [0.15, 0.2) is 53.4 Å². The van der Waals surface area contributed by atoms with Gasteiger partial charge in [0.15, 0.2) is 0 Å². The van der Waals surface area contributed by atoms with Crippen LogP contribution in [0.25, 0.3) is 0 Å². The Morgan fingerprint density at radius 2 is 1.65 bits per heavy atom. The van der Waals surface area contributed by atoms with E-state index in [0.29, 0.717) is 11.6 Å². The molecule has 1 atom stereocenters. The Bertz CT molecular complexity index is 780. The average molecular weight is 333 g/mol. The Balaban J connectivity index is 2.19. The molecule has 1 unspecified atom stereocenters. The molecule has 6 heteroatoms. The second-order valence-corrected chi connectivity index (χ2v) is 7.05. The molecule has 0 bridgehead atoms. The molecule has 0 saturated carbocycles. The van der Waals surface area contributed by atoms with Crippen molar-refractivity contribution in [2.75, 3.05) is 4.72 Å². The molecule has 2 N–H and O–H groups in total. The van der Waals surface area contributed by atoms with Crippen LogP contribution in [0, 0.1) is 0 Å². The van der Waals surface area contributed by atoms with E-state index in [0.717, 1.165) is 12.0 Å². The molecule has 122 valence electrons. The number of hydrogen-bond donors (Lipinski definition) is 2. The summed E-state index contributed by atoms with van der Waals surface area (Å²) < 4.78 is 27.1.